The highest BCUT2D eigenvalue weighted by Crippen LogP contribution is 2.35. The number of hydrogen-bond donors (Lipinski definition) is 3. The van der Waals surface area contributed by atoms with E-state index in [4.69, 9.17) is 24.4 Å². The molecule has 0 aromatic heterocycles. The van der Waals surface area contributed by atoms with Crippen molar-refractivity contribution in [1.29, 1.82) is 0 Å². The lowest BCUT2D eigenvalue weighted by molar-refractivity contribution is 0.0551. The number of fused-ring (bicyclic) bond motifs is 1. The van der Waals surface area contributed by atoms with Crippen LogP contribution < -0.4 is 14.2 Å². The summed E-state index contributed by atoms with van der Waals surface area (Å²) in [6.45, 7) is 1.42. The first-order valence-corrected chi connectivity index (χ1v) is 6.87. The van der Waals surface area contributed by atoms with Gasteiger partial charge in [-0.2, -0.15) is 0 Å². The van der Waals surface area contributed by atoms with Crippen molar-refractivity contribution in [3.8, 4) is 17.2 Å². The predicted molar refractivity (Wildman–Crippen MR) is 74.7 cm³/mol. The molecular weight excluding hydrogens is 278 g/mol. The van der Waals surface area contributed by atoms with Crippen molar-refractivity contribution >= 4 is 0 Å². The fraction of sp³-hybridized carbons (Fsp3) is 0.571. The van der Waals surface area contributed by atoms with Crippen LogP contribution in [0, 0.1) is 0 Å². The lowest BCUT2D eigenvalue weighted by Crippen LogP contribution is -2.38. The Hall–Kier alpha value is -1.54. The maximum absolute atomic E-state index is 9.94. The van der Waals surface area contributed by atoms with E-state index in [1.165, 1.54) is 0 Å². The molecule has 0 bridgehead atoms. The van der Waals surface area contributed by atoms with E-state index in [2.05, 4.69) is 0 Å². The molecule has 1 aromatic carbocycles. The molecule has 1 aromatic rings. The van der Waals surface area contributed by atoms with Gasteiger partial charge in [-0.3, -0.25) is 4.90 Å². The number of nitrogens with zero attached hydrogens (tertiary/aromatic N) is 1. The van der Waals surface area contributed by atoms with Crippen LogP contribution in [-0.4, -0.2) is 72.6 Å². The third-order valence-corrected chi connectivity index (χ3v) is 3.09. The van der Waals surface area contributed by atoms with Crippen molar-refractivity contribution < 1.29 is 29.5 Å². The molecule has 0 saturated carbocycles. The number of hydrogen-bond acceptors (Lipinski definition) is 7. The molecular formula is C14H21NO6. The minimum Gasteiger partial charge on any atom is -0.491 e. The monoisotopic (exact) mass is 299 g/mol. The minimum absolute atomic E-state index is 0.0181. The van der Waals surface area contributed by atoms with Crippen LogP contribution in [0.2, 0.25) is 0 Å². The minimum atomic E-state index is -0.714. The van der Waals surface area contributed by atoms with Crippen LogP contribution in [0.3, 0.4) is 0 Å². The second-order valence-electron chi connectivity index (χ2n) is 4.73. The lowest BCUT2D eigenvalue weighted by atomic mass is 10.3. The summed E-state index contributed by atoms with van der Waals surface area (Å²) in [6.07, 6.45) is -0.714. The first-order chi connectivity index (χ1) is 10.2. The van der Waals surface area contributed by atoms with Gasteiger partial charge in [0, 0.05) is 25.7 Å². The van der Waals surface area contributed by atoms with Crippen LogP contribution in [0.1, 0.15) is 0 Å². The molecule has 2 rings (SSSR count). The van der Waals surface area contributed by atoms with Crippen molar-refractivity contribution in [2.45, 2.75) is 6.10 Å². The van der Waals surface area contributed by atoms with Gasteiger partial charge in [-0.1, -0.05) is 0 Å². The zero-order valence-corrected chi connectivity index (χ0v) is 11.8. The average Bonchev–Trinajstić information content (AvgIpc) is 2.93. The quantitative estimate of drug-likeness (QED) is 0.563. The van der Waals surface area contributed by atoms with E-state index in [0.29, 0.717) is 36.9 Å². The molecule has 1 atom stereocenters. The van der Waals surface area contributed by atoms with E-state index < -0.39 is 6.10 Å². The molecule has 0 aliphatic carbocycles. The Morgan fingerprint density at radius 1 is 1.14 bits per heavy atom. The van der Waals surface area contributed by atoms with Gasteiger partial charge in [0.05, 0.1) is 13.2 Å². The molecule has 0 fully saturated rings. The van der Waals surface area contributed by atoms with Crippen LogP contribution in [0.5, 0.6) is 17.2 Å². The smallest absolute Gasteiger partial charge is 0.231 e. The van der Waals surface area contributed by atoms with Gasteiger partial charge in [0.15, 0.2) is 11.5 Å². The van der Waals surface area contributed by atoms with Crippen molar-refractivity contribution in [3.63, 3.8) is 0 Å². The molecule has 3 N–H and O–H groups in total. The zero-order chi connectivity index (χ0) is 15.1. The van der Waals surface area contributed by atoms with Crippen LogP contribution in [0.25, 0.3) is 0 Å². The SMILES string of the molecule is OCCN(CCO)C[C@@H](O)COc1ccc2c(c1)OCO2. The molecule has 7 nitrogen and oxygen atoms in total. The Kier molecular flexibility index (Phi) is 6.06. The Morgan fingerprint density at radius 3 is 2.57 bits per heavy atom. The molecule has 0 amide bonds. The topological polar surface area (TPSA) is 91.6 Å². The Balaban J connectivity index is 1.79. The van der Waals surface area contributed by atoms with Gasteiger partial charge >= 0.3 is 0 Å². The summed E-state index contributed by atoms with van der Waals surface area (Å²) in [5.74, 6) is 1.90. The molecule has 0 unspecified atom stereocenters. The van der Waals surface area contributed by atoms with Gasteiger partial charge in [-0.05, 0) is 12.1 Å². The summed E-state index contributed by atoms with van der Waals surface area (Å²) in [6, 6.07) is 5.22. The molecule has 0 saturated heterocycles. The van der Waals surface area contributed by atoms with Crippen LogP contribution >= 0.6 is 0 Å². The summed E-state index contributed by atoms with van der Waals surface area (Å²) >= 11 is 0. The van der Waals surface area contributed by atoms with Gasteiger partial charge in [0.1, 0.15) is 18.5 Å². The fourth-order valence-electron chi connectivity index (χ4n) is 2.09. The molecule has 0 spiro atoms. The first-order valence-electron chi connectivity index (χ1n) is 6.87. The molecule has 1 aliphatic heterocycles. The van der Waals surface area contributed by atoms with Gasteiger partial charge in [-0.25, -0.2) is 0 Å². The number of benzene rings is 1. The van der Waals surface area contributed by atoms with Crippen LogP contribution in [0.15, 0.2) is 18.2 Å². The maximum atomic E-state index is 9.94. The van der Waals surface area contributed by atoms with E-state index in [1.54, 1.807) is 23.1 Å². The van der Waals surface area contributed by atoms with E-state index in [-0.39, 0.29) is 26.6 Å². The second kappa shape index (κ2) is 8.04. The predicted octanol–water partition coefficient (Wildman–Crippen LogP) is -0.558. The Bertz CT molecular complexity index is 435. The van der Waals surface area contributed by atoms with Gasteiger partial charge in [-0.15, -0.1) is 0 Å². The lowest BCUT2D eigenvalue weighted by Gasteiger charge is -2.23. The highest BCUT2D eigenvalue weighted by atomic mass is 16.7. The Morgan fingerprint density at radius 2 is 1.86 bits per heavy atom. The van der Waals surface area contributed by atoms with Gasteiger partial charge in [0.2, 0.25) is 6.79 Å². The third kappa shape index (κ3) is 4.75. The normalized spacial score (nSPS) is 14.5. The summed E-state index contributed by atoms with van der Waals surface area (Å²) in [7, 11) is 0. The van der Waals surface area contributed by atoms with Crippen molar-refractivity contribution in [1.82, 2.24) is 4.90 Å². The molecule has 7 heteroatoms. The van der Waals surface area contributed by atoms with E-state index >= 15 is 0 Å². The summed E-state index contributed by atoms with van der Waals surface area (Å²) < 4.78 is 16.0. The summed E-state index contributed by atoms with van der Waals surface area (Å²) in [4.78, 5) is 1.77. The molecule has 1 heterocycles. The number of rotatable bonds is 9. The van der Waals surface area contributed by atoms with Crippen molar-refractivity contribution in [2.24, 2.45) is 0 Å². The largest absolute Gasteiger partial charge is 0.491 e. The standard InChI is InChI=1S/C14H21NO6/c16-5-3-15(4-6-17)8-11(18)9-19-12-1-2-13-14(7-12)21-10-20-13/h1-2,7,11,16-18H,3-6,8-10H2/t11-/m1/s1. The van der Waals surface area contributed by atoms with Crippen LogP contribution in [-0.2, 0) is 0 Å². The van der Waals surface area contributed by atoms with Gasteiger partial charge in [0.25, 0.3) is 0 Å². The first kappa shape index (κ1) is 15.8. The summed E-state index contributed by atoms with van der Waals surface area (Å²) in [5.41, 5.74) is 0. The number of aliphatic hydroxyl groups excluding tert-OH is 3. The fourth-order valence-corrected chi connectivity index (χ4v) is 2.09. The van der Waals surface area contributed by atoms with Crippen molar-refractivity contribution in [3.05, 3.63) is 18.2 Å². The van der Waals surface area contributed by atoms with E-state index in [1.807, 2.05) is 0 Å². The number of ether oxygens (including phenoxy) is 3. The average molecular weight is 299 g/mol. The van der Waals surface area contributed by atoms with E-state index in [0.717, 1.165) is 0 Å². The van der Waals surface area contributed by atoms with Crippen LogP contribution in [0.4, 0.5) is 0 Å². The maximum Gasteiger partial charge on any atom is 0.231 e. The molecule has 21 heavy (non-hydrogen) atoms. The zero-order valence-electron chi connectivity index (χ0n) is 11.8. The second-order valence-corrected chi connectivity index (χ2v) is 4.73. The molecule has 1 aliphatic rings. The molecule has 118 valence electrons. The van der Waals surface area contributed by atoms with Crippen molar-refractivity contribution in [2.75, 3.05) is 46.2 Å². The number of aliphatic hydroxyl groups is 3. The summed E-state index contributed by atoms with van der Waals surface area (Å²) in [5, 5.41) is 27.8. The molecule has 0 radical (unpaired) electrons. The van der Waals surface area contributed by atoms with E-state index in [9.17, 15) is 5.11 Å². The highest BCUT2D eigenvalue weighted by Gasteiger charge is 2.15. The van der Waals surface area contributed by atoms with Gasteiger partial charge < -0.3 is 29.5 Å². The third-order valence-electron chi connectivity index (χ3n) is 3.09. The Labute approximate surface area is 123 Å². The highest BCUT2D eigenvalue weighted by molar-refractivity contribution is 5.46.